The lowest BCUT2D eigenvalue weighted by Crippen LogP contribution is -2.26. The number of hydrogen-bond acceptors (Lipinski definition) is 4. The number of H-pyrrole nitrogens is 1. The van der Waals surface area contributed by atoms with Crippen molar-refractivity contribution < 1.29 is 9.18 Å². The van der Waals surface area contributed by atoms with Crippen molar-refractivity contribution >= 4 is 16.8 Å². The highest BCUT2D eigenvalue weighted by Crippen LogP contribution is 2.21. The van der Waals surface area contributed by atoms with E-state index < -0.39 is 0 Å². The molecule has 164 valence electrons. The average Bonchev–Trinajstić information content (AvgIpc) is 3.19. The van der Waals surface area contributed by atoms with E-state index in [0.717, 1.165) is 0 Å². The number of aromatic amines is 1. The largest absolute Gasteiger partial charge is 0.350 e. The molecule has 0 unspecified atom stereocenters. The highest BCUT2D eigenvalue weighted by atomic mass is 19.1. The predicted octanol–water partition coefficient (Wildman–Crippen LogP) is 3.76. The maximum absolute atomic E-state index is 14.6. The molecular weight excluding hydrogens is 409 g/mol. The first-order chi connectivity index (χ1) is 15.4. The van der Waals surface area contributed by atoms with Gasteiger partial charge in [0.25, 0.3) is 5.56 Å². The van der Waals surface area contributed by atoms with Crippen molar-refractivity contribution in [3.05, 3.63) is 88.2 Å². The van der Waals surface area contributed by atoms with E-state index in [1.807, 2.05) is 13.0 Å². The van der Waals surface area contributed by atoms with Crippen LogP contribution in [-0.2, 0) is 11.2 Å². The van der Waals surface area contributed by atoms with Crippen LogP contribution in [0.1, 0.15) is 43.0 Å². The summed E-state index contributed by atoms with van der Waals surface area (Å²) in [7, 11) is 0. The molecule has 8 heteroatoms. The van der Waals surface area contributed by atoms with Gasteiger partial charge >= 0.3 is 0 Å². The number of benzene rings is 2. The van der Waals surface area contributed by atoms with E-state index in [4.69, 9.17) is 0 Å². The fourth-order valence-electron chi connectivity index (χ4n) is 3.69. The Balaban J connectivity index is 1.34. The predicted molar refractivity (Wildman–Crippen MR) is 120 cm³/mol. The first-order valence-electron chi connectivity index (χ1n) is 10.5. The van der Waals surface area contributed by atoms with Crippen molar-refractivity contribution in [3.8, 4) is 5.69 Å². The van der Waals surface area contributed by atoms with Gasteiger partial charge in [-0.05, 0) is 50.1 Å². The van der Waals surface area contributed by atoms with Gasteiger partial charge < -0.3 is 14.9 Å². The van der Waals surface area contributed by atoms with Gasteiger partial charge in [0, 0.05) is 25.2 Å². The van der Waals surface area contributed by atoms with Gasteiger partial charge in [0.2, 0.25) is 5.91 Å². The number of nitrogens with zero attached hydrogens (tertiary/aromatic N) is 3. The monoisotopic (exact) mass is 433 g/mol. The zero-order valence-corrected chi connectivity index (χ0v) is 17.9. The highest BCUT2D eigenvalue weighted by molar-refractivity contribution is 5.77. The molecule has 2 aromatic carbocycles. The Kier molecular flexibility index (Phi) is 6.11. The summed E-state index contributed by atoms with van der Waals surface area (Å²) in [6.45, 7) is 3.62. The number of carbonyl (C=O) groups excluding carboxylic acids is 1. The molecule has 32 heavy (non-hydrogen) atoms. The van der Waals surface area contributed by atoms with Gasteiger partial charge in [0.1, 0.15) is 17.5 Å². The number of carbonyl (C=O) groups is 1. The third-order valence-corrected chi connectivity index (χ3v) is 5.41. The van der Waals surface area contributed by atoms with Crippen LogP contribution in [0.5, 0.6) is 0 Å². The van der Waals surface area contributed by atoms with E-state index in [2.05, 4.69) is 20.3 Å². The molecule has 2 heterocycles. The third kappa shape index (κ3) is 4.59. The number of rotatable bonds is 7. The minimum Gasteiger partial charge on any atom is -0.350 e. The van der Waals surface area contributed by atoms with Crippen molar-refractivity contribution in [2.24, 2.45) is 0 Å². The molecule has 0 saturated heterocycles. The van der Waals surface area contributed by atoms with Gasteiger partial charge in [-0.25, -0.2) is 14.4 Å². The van der Waals surface area contributed by atoms with E-state index in [0.29, 0.717) is 46.6 Å². The van der Waals surface area contributed by atoms with Gasteiger partial charge in [0.15, 0.2) is 0 Å². The lowest BCUT2D eigenvalue weighted by molar-refractivity contribution is -0.121. The minimum atomic E-state index is -0.379. The smallest absolute Gasteiger partial charge is 0.258 e. The molecule has 0 spiro atoms. The van der Waals surface area contributed by atoms with E-state index in [9.17, 15) is 14.0 Å². The van der Waals surface area contributed by atoms with Crippen LogP contribution in [-0.4, -0.2) is 25.4 Å². The van der Waals surface area contributed by atoms with Crippen LogP contribution in [0.15, 0.2) is 59.7 Å². The van der Waals surface area contributed by atoms with Crippen LogP contribution in [0.3, 0.4) is 0 Å². The van der Waals surface area contributed by atoms with Crippen molar-refractivity contribution in [2.45, 2.75) is 39.2 Å². The van der Waals surface area contributed by atoms with E-state index >= 15 is 0 Å². The fourth-order valence-corrected chi connectivity index (χ4v) is 3.69. The summed E-state index contributed by atoms with van der Waals surface area (Å²) in [5.74, 6) is 0.730. The van der Waals surface area contributed by atoms with Gasteiger partial charge in [-0.1, -0.05) is 18.2 Å². The number of amides is 1. The fraction of sp³-hybridized carbons (Fsp3) is 0.250. The van der Waals surface area contributed by atoms with Crippen LogP contribution in [0, 0.1) is 12.7 Å². The second-order valence-electron chi connectivity index (χ2n) is 7.73. The summed E-state index contributed by atoms with van der Waals surface area (Å²) in [6.07, 6.45) is 4.61. The standard InChI is InChI=1S/C24H24FN5O2/c1-15(17-10-11-21(19(25)14-17)30-13-12-26-16(30)2)27-23(31)9-5-8-22-28-20-7-4-3-6-18(20)24(32)29-22/h3-4,6-7,10-15H,5,8-9H2,1-2H3,(H,27,31)(H,28,29,32)/t15-/m0/s1. The lowest BCUT2D eigenvalue weighted by Gasteiger charge is -2.16. The SMILES string of the molecule is Cc1nccn1-c1ccc([C@H](C)NC(=O)CCCc2nc3ccccc3c(=O)[nH]2)cc1F. The molecule has 4 aromatic rings. The average molecular weight is 433 g/mol. The Bertz CT molecular complexity index is 1330. The molecule has 0 fully saturated rings. The van der Waals surface area contributed by atoms with Crippen molar-refractivity contribution in [1.82, 2.24) is 24.8 Å². The number of para-hydroxylation sites is 1. The number of aryl methyl sites for hydroxylation is 2. The van der Waals surface area contributed by atoms with E-state index in [1.165, 1.54) is 6.07 Å². The topological polar surface area (TPSA) is 92.7 Å². The van der Waals surface area contributed by atoms with Crippen LogP contribution < -0.4 is 10.9 Å². The van der Waals surface area contributed by atoms with Crippen LogP contribution in [0.2, 0.25) is 0 Å². The van der Waals surface area contributed by atoms with Crippen LogP contribution in [0.4, 0.5) is 4.39 Å². The van der Waals surface area contributed by atoms with Gasteiger partial charge in [-0.15, -0.1) is 0 Å². The summed E-state index contributed by atoms with van der Waals surface area (Å²) in [5, 5.41) is 3.44. The zero-order chi connectivity index (χ0) is 22.7. The Morgan fingerprint density at radius 2 is 2.06 bits per heavy atom. The molecule has 0 bridgehead atoms. The van der Waals surface area contributed by atoms with Crippen molar-refractivity contribution in [3.63, 3.8) is 0 Å². The number of imidazole rings is 1. The normalized spacial score (nSPS) is 12.1. The summed E-state index contributed by atoms with van der Waals surface area (Å²) >= 11 is 0. The Morgan fingerprint density at radius 1 is 1.25 bits per heavy atom. The number of fused-ring (bicyclic) bond motifs is 1. The molecule has 1 amide bonds. The minimum absolute atomic E-state index is 0.143. The third-order valence-electron chi connectivity index (χ3n) is 5.41. The number of halogens is 1. The number of nitrogens with one attached hydrogen (secondary N) is 2. The number of hydrogen-bond donors (Lipinski definition) is 2. The summed E-state index contributed by atoms with van der Waals surface area (Å²) in [6, 6.07) is 11.7. The number of aromatic nitrogens is 4. The first-order valence-corrected chi connectivity index (χ1v) is 10.5. The maximum atomic E-state index is 14.6. The molecule has 0 radical (unpaired) electrons. The lowest BCUT2D eigenvalue weighted by atomic mass is 10.1. The molecule has 0 saturated carbocycles. The second kappa shape index (κ2) is 9.13. The highest BCUT2D eigenvalue weighted by Gasteiger charge is 2.14. The van der Waals surface area contributed by atoms with Crippen LogP contribution in [0.25, 0.3) is 16.6 Å². The Morgan fingerprint density at radius 3 is 2.81 bits per heavy atom. The summed E-state index contributed by atoms with van der Waals surface area (Å²) in [4.78, 5) is 35.8. The maximum Gasteiger partial charge on any atom is 0.258 e. The van der Waals surface area contributed by atoms with E-state index in [-0.39, 0.29) is 29.7 Å². The Hall–Kier alpha value is -3.81. The summed E-state index contributed by atoms with van der Waals surface area (Å²) < 4.78 is 16.3. The quantitative estimate of drug-likeness (QED) is 0.464. The molecule has 7 nitrogen and oxygen atoms in total. The molecular formula is C24H24FN5O2. The molecule has 0 aliphatic carbocycles. The zero-order valence-electron chi connectivity index (χ0n) is 17.9. The van der Waals surface area contributed by atoms with Gasteiger partial charge in [-0.3, -0.25) is 9.59 Å². The first kappa shape index (κ1) is 21.4. The molecule has 2 N–H and O–H groups in total. The van der Waals surface area contributed by atoms with Gasteiger partial charge in [-0.2, -0.15) is 0 Å². The molecule has 4 rings (SSSR count). The van der Waals surface area contributed by atoms with Crippen molar-refractivity contribution in [1.29, 1.82) is 0 Å². The van der Waals surface area contributed by atoms with Crippen LogP contribution >= 0.6 is 0 Å². The van der Waals surface area contributed by atoms with E-state index in [1.54, 1.807) is 54.2 Å². The molecule has 0 aliphatic heterocycles. The Labute approximate surface area is 184 Å². The molecule has 0 aliphatic rings. The summed E-state index contributed by atoms with van der Waals surface area (Å²) in [5.41, 5.74) is 1.55. The van der Waals surface area contributed by atoms with Gasteiger partial charge in [0.05, 0.1) is 22.6 Å². The molecule has 2 aromatic heterocycles. The molecule has 1 atom stereocenters. The second-order valence-corrected chi connectivity index (χ2v) is 7.73. The van der Waals surface area contributed by atoms with Crippen molar-refractivity contribution in [2.75, 3.05) is 0 Å².